The Kier molecular flexibility index (Phi) is 4.21. The van der Waals surface area contributed by atoms with Crippen LogP contribution < -0.4 is 11.5 Å². The third kappa shape index (κ3) is 2.06. The molecule has 152 valence electrons. The van der Waals surface area contributed by atoms with Crippen molar-refractivity contribution in [3.8, 4) is 24.3 Å². The van der Waals surface area contributed by atoms with E-state index in [-0.39, 0.29) is 10.8 Å². The predicted molar refractivity (Wildman–Crippen MR) is 102 cm³/mol. The minimum Gasteiger partial charge on any atom is -0.313 e. The van der Waals surface area contributed by atoms with E-state index in [1.165, 1.54) is 0 Å². The lowest BCUT2D eigenvalue weighted by Gasteiger charge is -2.33. The molecule has 0 aliphatic carbocycles. The fourth-order valence-corrected chi connectivity index (χ4v) is 4.11. The molecule has 0 saturated heterocycles. The monoisotopic (exact) mass is 424 g/mol. The highest BCUT2D eigenvalue weighted by Gasteiger charge is 2.46. The average Bonchev–Trinajstić information content (AvgIpc) is 2.79. The number of rotatable bonds is 2. The Bertz CT molecular complexity index is 1310. The van der Waals surface area contributed by atoms with Gasteiger partial charge in [0.05, 0.1) is 57.8 Å². The second-order valence-corrected chi connectivity index (χ2v) is 6.64. The number of nitrogens with zero attached hydrogens (tertiary/aromatic N) is 6. The third-order valence-corrected chi connectivity index (χ3v) is 5.40. The lowest BCUT2D eigenvalue weighted by molar-refractivity contribution is 0.0592. The van der Waals surface area contributed by atoms with Crippen molar-refractivity contribution in [2.45, 2.75) is 0 Å². The highest BCUT2D eigenvalue weighted by molar-refractivity contribution is 6.36. The molecule has 2 heterocycles. The van der Waals surface area contributed by atoms with Gasteiger partial charge < -0.3 is 11.5 Å². The first-order valence-corrected chi connectivity index (χ1v) is 8.80. The molecule has 2 aromatic carbocycles. The molecule has 12 heteroatoms. The first kappa shape index (κ1) is 20.1. The van der Waals surface area contributed by atoms with Crippen LogP contribution in [0.1, 0.15) is 63.7 Å². The summed E-state index contributed by atoms with van der Waals surface area (Å²) >= 11 is 0. The van der Waals surface area contributed by atoms with E-state index in [4.69, 9.17) is 11.5 Å². The van der Waals surface area contributed by atoms with Gasteiger partial charge >= 0.3 is 0 Å². The number of nitrogens with two attached hydrogens (primary N) is 2. The van der Waals surface area contributed by atoms with Crippen LogP contribution in [-0.4, -0.2) is 46.8 Å². The number of imide groups is 2. The van der Waals surface area contributed by atoms with Gasteiger partial charge in [0.25, 0.3) is 23.6 Å². The Hall–Kier alpha value is -5.14. The zero-order valence-electron chi connectivity index (χ0n) is 15.9. The molecular formula is C20H8N8O4. The second kappa shape index (κ2) is 6.69. The van der Waals surface area contributed by atoms with E-state index in [1.807, 2.05) is 0 Å². The van der Waals surface area contributed by atoms with Gasteiger partial charge in [0.1, 0.15) is 24.3 Å². The second-order valence-electron chi connectivity index (χ2n) is 6.64. The molecule has 2 aromatic rings. The predicted octanol–water partition coefficient (Wildman–Crippen LogP) is -0.649. The number of nitriles is 4. The van der Waals surface area contributed by atoms with Gasteiger partial charge in [-0.15, -0.1) is 0 Å². The first-order chi connectivity index (χ1) is 15.3. The molecule has 2 aliphatic rings. The van der Waals surface area contributed by atoms with Crippen LogP contribution in [0.3, 0.4) is 0 Å². The smallest absolute Gasteiger partial charge is 0.263 e. The van der Waals surface area contributed by atoms with Crippen molar-refractivity contribution in [1.29, 1.82) is 21.0 Å². The zero-order chi connectivity index (χ0) is 23.5. The Morgan fingerprint density at radius 3 is 0.906 bits per heavy atom. The van der Waals surface area contributed by atoms with Gasteiger partial charge in [-0.25, -0.2) is 0 Å². The van der Waals surface area contributed by atoms with Crippen molar-refractivity contribution < 1.29 is 19.2 Å². The van der Waals surface area contributed by atoms with Crippen LogP contribution in [0.4, 0.5) is 0 Å². The van der Waals surface area contributed by atoms with Crippen LogP contribution in [0.2, 0.25) is 0 Å². The number of hydrogen-bond donors (Lipinski definition) is 2. The van der Waals surface area contributed by atoms with E-state index >= 15 is 0 Å². The SMILES string of the molecule is N#Cc1c(C#N)c2c3c(c(C#N)c(C#N)c4c3c1C(=O)N(CN)C4=O)C(=O)N(CN)C2=O. The summed E-state index contributed by atoms with van der Waals surface area (Å²) in [5.74, 6) is -4.15. The molecule has 0 unspecified atom stereocenters. The minimum atomic E-state index is -1.04. The van der Waals surface area contributed by atoms with E-state index in [2.05, 4.69) is 0 Å². The quantitative estimate of drug-likeness (QED) is 0.579. The normalized spacial score (nSPS) is 14.2. The van der Waals surface area contributed by atoms with Crippen molar-refractivity contribution in [2.24, 2.45) is 11.5 Å². The van der Waals surface area contributed by atoms with Crippen molar-refractivity contribution in [1.82, 2.24) is 9.80 Å². The van der Waals surface area contributed by atoms with Gasteiger partial charge in [0.2, 0.25) is 0 Å². The maximum Gasteiger partial charge on any atom is 0.263 e. The summed E-state index contributed by atoms with van der Waals surface area (Å²) in [6.07, 6.45) is 0. The van der Waals surface area contributed by atoms with E-state index in [0.717, 1.165) is 0 Å². The van der Waals surface area contributed by atoms with E-state index < -0.39 is 81.5 Å². The van der Waals surface area contributed by atoms with Gasteiger partial charge in [-0.2, -0.15) is 21.0 Å². The summed E-state index contributed by atoms with van der Waals surface area (Å²) < 4.78 is 0. The van der Waals surface area contributed by atoms with Crippen molar-refractivity contribution in [2.75, 3.05) is 13.3 Å². The standard InChI is InChI=1S/C20H8N8O4/c21-1-7-8(2-22)12-16-14(20(32)28(6-26)18(12)30)10(4-24)9(3-23)13-15(16)11(7)17(29)27(5-25)19(13)31/h5-6,25-26H2. The highest BCUT2D eigenvalue weighted by Crippen LogP contribution is 2.44. The summed E-state index contributed by atoms with van der Waals surface area (Å²) in [4.78, 5) is 53.4. The first-order valence-electron chi connectivity index (χ1n) is 8.80. The molecule has 0 saturated carbocycles. The molecular weight excluding hydrogens is 416 g/mol. The number of amides is 4. The molecule has 0 atom stereocenters. The highest BCUT2D eigenvalue weighted by atomic mass is 16.2. The van der Waals surface area contributed by atoms with Crippen LogP contribution in [0.5, 0.6) is 0 Å². The van der Waals surface area contributed by atoms with Crippen LogP contribution in [-0.2, 0) is 0 Å². The fourth-order valence-electron chi connectivity index (χ4n) is 4.11. The molecule has 4 rings (SSSR count). The van der Waals surface area contributed by atoms with Crippen LogP contribution in [0, 0.1) is 45.3 Å². The molecule has 0 spiro atoms. The van der Waals surface area contributed by atoms with E-state index in [9.17, 15) is 40.2 Å². The van der Waals surface area contributed by atoms with Gasteiger partial charge in [0.15, 0.2) is 0 Å². The number of hydrogen-bond acceptors (Lipinski definition) is 10. The van der Waals surface area contributed by atoms with Crippen molar-refractivity contribution >= 4 is 34.4 Å². The Morgan fingerprint density at radius 2 is 0.750 bits per heavy atom. The molecule has 4 N–H and O–H groups in total. The molecule has 4 amide bonds. The summed E-state index contributed by atoms with van der Waals surface area (Å²) in [6.45, 7) is -1.25. The summed E-state index contributed by atoms with van der Waals surface area (Å²) in [6, 6.07) is 6.80. The minimum absolute atomic E-state index is 0.320. The zero-order valence-corrected chi connectivity index (χ0v) is 15.9. The molecule has 0 radical (unpaired) electrons. The summed E-state index contributed by atoms with van der Waals surface area (Å²) in [5, 5.41) is 38.4. The molecule has 0 bridgehead atoms. The van der Waals surface area contributed by atoms with Crippen molar-refractivity contribution in [3.05, 3.63) is 44.5 Å². The molecule has 0 aromatic heterocycles. The summed E-state index contributed by atoms with van der Waals surface area (Å²) in [7, 11) is 0. The molecule has 32 heavy (non-hydrogen) atoms. The number of benzene rings is 2. The number of carbonyl (C=O) groups excluding carboxylic acids is 4. The van der Waals surface area contributed by atoms with Crippen LogP contribution >= 0.6 is 0 Å². The average molecular weight is 424 g/mol. The van der Waals surface area contributed by atoms with Crippen molar-refractivity contribution in [3.63, 3.8) is 0 Å². The van der Waals surface area contributed by atoms with Crippen LogP contribution in [0.15, 0.2) is 0 Å². The maximum absolute atomic E-state index is 13.1. The lowest BCUT2D eigenvalue weighted by atomic mass is 9.77. The molecule has 12 nitrogen and oxygen atoms in total. The molecule has 0 fully saturated rings. The maximum atomic E-state index is 13.1. The van der Waals surface area contributed by atoms with E-state index in [1.54, 1.807) is 24.3 Å². The third-order valence-electron chi connectivity index (χ3n) is 5.40. The van der Waals surface area contributed by atoms with E-state index in [0.29, 0.717) is 9.80 Å². The fraction of sp³-hybridized carbons (Fsp3) is 0.100. The van der Waals surface area contributed by atoms with Gasteiger partial charge in [-0.05, 0) is 0 Å². The van der Waals surface area contributed by atoms with Gasteiger partial charge in [-0.1, -0.05) is 0 Å². The molecule has 2 aliphatic heterocycles. The van der Waals surface area contributed by atoms with Crippen LogP contribution in [0.25, 0.3) is 10.8 Å². The summed E-state index contributed by atoms with van der Waals surface area (Å²) in [5.41, 5.74) is 7.17. The Balaban J connectivity index is 2.49. The Morgan fingerprint density at radius 1 is 0.531 bits per heavy atom. The number of carbonyl (C=O) groups is 4. The van der Waals surface area contributed by atoms with Gasteiger partial charge in [-0.3, -0.25) is 29.0 Å². The lowest BCUT2D eigenvalue weighted by Crippen LogP contribution is -2.47. The van der Waals surface area contributed by atoms with Gasteiger partial charge in [0, 0.05) is 10.8 Å². The largest absolute Gasteiger partial charge is 0.313 e. The topological polar surface area (TPSA) is 222 Å². The Labute approximate surface area is 178 Å².